The summed E-state index contributed by atoms with van der Waals surface area (Å²) in [4.78, 5) is 0. The topological polar surface area (TPSA) is 42.8 Å². The quantitative estimate of drug-likeness (QED) is 0.395. The molecular weight excluding hydrogens is 370 g/mol. The standard InChI is InChI=1S/C26H27N3O/c1-4-15-30-26-16-19(2)5-8-22(26)10-12-24-18-23(27-28-24)11-7-20-6-9-21-13-14-29(3)25(21)17-20/h5-14,16-18H,4,15H2,1-3H3,(H,27,28)/b11-7+,12-10+. The van der Waals surface area contributed by atoms with Gasteiger partial charge in [-0.25, -0.2) is 0 Å². The highest BCUT2D eigenvalue weighted by Crippen LogP contribution is 2.23. The molecule has 0 aliphatic rings. The molecule has 4 aromatic rings. The predicted octanol–water partition coefficient (Wildman–Crippen LogP) is 6.34. The number of fused-ring (bicyclic) bond motifs is 1. The molecule has 1 N–H and O–H groups in total. The van der Waals surface area contributed by atoms with E-state index in [1.54, 1.807) is 0 Å². The van der Waals surface area contributed by atoms with Gasteiger partial charge in [0.15, 0.2) is 0 Å². The van der Waals surface area contributed by atoms with Crippen molar-refractivity contribution in [2.24, 2.45) is 7.05 Å². The molecule has 0 aliphatic heterocycles. The number of aryl methyl sites for hydroxylation is 2. The molecule has 2 heterocycles. The van der Waals surface area contributed by atoms with Gasteiger partial charge in [0, 0.05) is 24.3 Å². The highest BCUT2D eigenvalue weighted by Gasteiger charge is 2.02. The van der Waals surface area contributed by atoms with Crippen molar-refractivity contribution in [2.75, 3.05) is 6.61 Å². The second kappa shape index (κ2) is 8.87. The Labute approximate surface area is 177 Å². The van der Waals surface area contributed by atoms with Crippen molar-refractivity contribution in [2.45, 2.75) is 20.3 Å². The summed E-state index contributed by atoms with van der Waals surface area (Å²) in [7, 11) is 2.06. The summed E-state index contributed by atoms with van der Waals surface area (Å²) >= 11 is 0. The van der Waals surface area contributed by atoms with Crippen molar-refractivity contribution in [3.8, 4) is 5.75 Å². The molecule has 2 aromatic heterocycles. The second-order valence-electron chi connectivity index (χ2n) is 7.55. The summed E-state index contributed by atoms with van der Waals surface area (Å²) in [6.07, 6.45) is 11.3. The highest BCUT2D eigenvalue weighted by molar-refractivity contribution is 5.84. The van der Waals surface area contributed by atoms with Crippen LogP contribution >= 0.6 is 0 Å². The lowest BCUT2D eigenvalue weighted by Gasteiger charge is -2.09. The van der Waals surface area contributed by atoms with Gasteiger partial charge in [-0.05, 0) is 72.4 Å². The maximum absolute atomic E-state index is 5.89. The van der Waals surface area contributed by atoms with Gasteiger partial charge in [0.1, 0.15) is 5.75 Å². The van der Waals surface area contributed by atoms with Crippen molar-refractivity contribution in [3.63, 3.8) is 0 Å². The van der Waals surface area contributed by atoms with E-state index in [0.29, 0.717) is 0 Å². The molecule has 0 unspecified atom stereocenters. The van der Waals surface area contributed by atoms with Gasteiger partial charge >= 0.3 is 0 Å². The molecule has 152 valence electrons. The van der Waals surface area contributed by atoms with Crippen molar-refractivity contribution in [1.29, 1.82) is 0 Å². The summed E-state index contributed by atoms with van der Waals surface area (Å²) in [6, 6.07) is 16.9. The number of H-pyrrole nitrogens is 1. The molecule has 0 radical (unpaired) electrons. The number of benzene rings is 2. The SMILES string of the molecule is CCCOc1cc(C)ccc1/C=C/c1cc(/C=C/c2ccc3ccn(C)c3c2)n[nH]1. The Morgan fingerprint density at radius 1 is 1.00 bits per heavy atom. The normalized spacial score (nSPS) is 11.8. The van der Waals surface area contributed by atoms with Crippen LogP contribution in [0.15, 0.2) is 54.7 Å². The van der Waals surface area contributed by atoms with Crippen LogP contribution in [0.3, 0.4) is 0 Å². The molecule has 30 heavy (non-hydrogen) atoms. The Kier molecular flexibility index (Phi) is 5.84. The van der Waals surface area contributed by atoms with E-state index in [1.165, 1.54) is 16.5 Å². The minimum Gasteiger partial charge on any atom is -0.493 e. The van der Waals surface area contributed by atoms with Gasteiger partial charge in [0.2, 0.25) is 0 Å². The lowest BCUT2D eigenvalue weighted by atomic mass is 10.1. The van der Waals surface area contributed by atoms with Crippen LogP contribution in [-0.4, -0.2) is 21.4 Å². The predicted molar refractivity (Wildman–Crippen MR) is 126 cm³/mol. The van der Waals surface area contributed by atoms with E-state index in [4.69, 9.17) is 4.74 Å². The zero-order valence-electron chi connectivity index (χ0n) is 17.7. The third-order valence-electron chi connectivity index (χ3n) is 5.05. The number of nitrogens with zero attached hydrogens (tertiary/aromatic N) is 2. The summed E-state index contributed by atoms with van der Waals surface area (Å²) in [5, 5.41) is 8.74. The molecule has 0 saturated carbocycles. The number of aromatic amines is 1. The van der Waals surface area contributed by atoms with E-state index >= 15 is 0 Å². The zero-order chi connectivity index (χ0) is 20.9. The summed E-state index contributed by atoms with van der Waals surface area (Å²) in [6.45, 7) is 4.91. The van der Waals surface area contributed by atoms with Gasteiger partial charge in [-0.3, -0.25) is 5.10 Å². The molecule has 4 heteroatoms. The fraction of sp³-hybridized carbons (Fsp3) is 0.192. The van der Waals surface area contributed by atoms with E-state index in [-0.39, 0.29) is 0 Å². The highest BCUT2D eigenvalue weighted by atomic mass is 16.5. The molecule has 0 bridgehead atoms. The molecule has 0 atom stereocenters. The fourth-order valence-electron chi connectivity index (χ4n) is 3.38. The maximum Gasteiger partial charge on any atom is 0.126 e. The van der Waals surface area contributed by atoms with E-state index in [0.717, 1.165) is 41.3 Å². The molecule has 4 nitrogen and oxygen atoms in total. The van der Waals surface area contributed by atoms with Gasteiger partial charge in [0.05, 0.1) is 18.0 Å². The molecule has 0 spiro atoms. The second-order valence-corrected chi connectivity index (χ2v) is 7.55. The molecule has 0 fully saturated rings. The fourth-order valence-corrected chi connectivity index (χ4v) is 3.38. The number of hydrogen-bond donors (Lipinski definition) is 1. The van der Waals surface area contributed by atoms with Gasteiger partial charge < -0.3 is 9.30 Å². The van der Waals surface area contributed by atoms with Gasteiger partial charge in [0.25, 0.3) is 0 Å². The number of nitrogens with one attached hydrogen (secondary N) is 1. The zero-order valence-corrected chi connectivity index (χ0v) is 17.7. The third kappa shape index (κ3) is 4.54. The van der Waals surface area contributed by atoms with Gasteiger partial charge in [-0.2, -0.15) is 5.10 Å². The van der Waals surface area contributed by atoms with Crippen LogP contribution in [0.4, 0.5) is 0 Å². The Morgan fingerprint density at radius 3 is 2.77 bits per heavy atom. The average Bonchev–Trinajstić information content (AvgIpc) is 3.36. The molecule has 0 saturated heterocycles. The minimum absolute atomic E-state index is 0.720. The van der Waals surface area contributed by atoms with E-state index < -0.39 is 0 Å². The van der Waals surface area contributed by atoms with Gasteiger partial charge in [-0.1, -0.05) is 37.3 Å². The van der Waals surface area contributed by atoms with Crippen LogP contribution < -0.4 is 4.74 Å². The Balaban J connectivity index is 1.48. The van der Waals surface area contributed by atoms with E-state index in [9.17, 15) is 0 Å². The third-order valence-corrected chi connectivity index (χ3v) is 5.05. The van der Waals surface area contributed by atoms with Crippen LogP contribution in [0.25, 0.3) is 35.2 Å². The largest absolute Gasteiger partial charge is 0.493 e. The molecule has 2 aromatic carbocycles. The molecule has 0 aliphatic carbocycles. The number of aromatic nitrogens is 3. The van der Waals surface area contributed by atoms with Crippen molar-refractivity contribution < 1.29 is 4.74 Å². The smallest absolute Gasteiger partial charge is 0.126 e. The Bertz CT molecular complexity index is 1210. The van der Waals surface area contributed by atoms with Crippen molar-refractivity contribution in [3.05, 3.63) is 82.8 Å². The van der Waals surface area contributed by atoms with E-state index in [1.807, 2.05) is 18.2 Å². The summed E-state index contributed by atoms with van der Waals surface area (Å²) in [5.41, 5.74) is 6.49. The van der Waals surface area contributed by atoms with Crippen LogP contribution in [-0.2, 0) is 7.05 Å². The van der Waals surface area contributed by atoms with Crippen LogP contribution in [0, 0.1) is 6.92 Å². The maximum atomic E-state index is 5.89. The first-order chi connectivity index (χ1) is 14.6. The van der Waals surface area contributed by atoms with Crippen molar-refractivity contribution >= 4 is 35.2 Å². The van der Waals surface area contributed by atoms with Crippen LogP contribution in [0.5, 0.6) is 5.75 Å². The lowest BCUT2D eigenvalue weighted by Crippen LogP contribution is -1.97. The monoisotopic (exact) mass is 397 g/mol. The molecule has 0 amide bonds. The molecule has 4 rings (SSSR count). The number of hydrogen-bond acceptors (Lipinski definition) is 2. The van der Waals surface area contributed by atoms with Crippen molar-refractivity contribution in [1.82, 2.24) is 14.8 Å². The lowest BCUT2D eigenvalue weighted by molar-refractivity contribution is 0.316. The van der Waals surface area contributed by atoms with E-state index in [2.05, 4.69) is 96.5 Å². The van der Waals surface area contributed by atoms with Crippen LogP contribution in [0.1, 0.15) is 41.4 Å². The van der Waals surface area contributed by atoms with Gasteiger partial charge in [-0.15, -0.1) is 0 Å². The first-order valence-electron chi connectivity index (χ1n) is 10.3. The Hall–Kier alpha value is -3.53. The minimum atomic E-state index is 0.720. The average molecular weight is 398 g/mol. The first kappa shape index (κ1) is 19.8. The summed E-state index contributed by atoms with van der Waals surface area (Å²) < 4.78 is 8.02. The molecular formula is C26H27N3O. The summed E-state index contributed by atoms with van der Waals surface area (Å²) in [5.74, 6) is 0.920. The Morgan fingerprint density at radius 2 is 1.90 bits per heavy atom. The number of ether oxygens (including phenoxy) is 1. The number of rotatable bonds is 7. The van der Waals surface area contributed by atoms with Crippen LogP contribution in [0.2, 0.25) is 0 Å². The first-order valence-corrected chi connectivity index (χ1v) is 10.3.